The van der Waals surface area contributed by atoms with Gasteiger partial charge in [0, 0.05) is 12.7 Å². The molecule has 5 heteroatoms. The normalized spacial score (nSPS) is 17.0. The van der Waals surface area contributed by atoms with Gasteiger partial charge in [-0.25, -0.2) is 4.98 Å². The molecule has 4 nitrogen and oxygen atoms in total. The minimum absolute atomic E-state index is 0.0866. The number of nitrogens with zero attached hydrogens (tertiary/aromatic N) is 3. The minimum atomic E-state index is 0.0866. The highest BCUT2D eigenvalue weighted by Gasteiger charge is 2.32. The summed E-state index contributed by atoms with van der Waals surface area (Å²) in [5.41, 5.74) is 2.81. The molecule has 1 unspecified atom stereocenters. The van der Waals surface area contributed by atoms with Crippen molar-refractivity contribution in [1.82, 2.24) is 14.9 Å². The van der Waals surface area contributed by atoms with Gasteiger partial charge in [-0.2, -0.15) is 0 Å². The first-order valence-corrected chi connectivity index (χ1v) is 9.30. The highest BCUT2D eigenvalue weighted by molar-refractivity contribution is 7.17. The van der Waals surface area contributed by atoms with E-state index in [1.807, 2.05) is 48.2 Å². The second-order valence-electron chi connectivity index (χ2n) is 6.22. The maximum absolute atomic E-state index is 13.2. The number of aromatic nitrogens is 2. The topological polar surface area (TPSA) is 46.1 Å². The summed E-state index contributed by atoms with van der Waals surface area (Å²) >= 11 is 1.44. The Kier molecular flexibility index (Phi) is 4.32. The second kappa shape index (κ2) is 6.76. The first kappa shape index (κ1) is 16.0. The number of benzene rings is 1. The van der Waals surface area contributed by atoms with Gasteiger partial charge >= 0.3 is 0 Å². The van der Waals surface area contributed by atoms with E-state index in [1.165, 1.54) is 16.9 Å². The summed E-state index contributed by atoms with van der Waals surface area (Å²) in [5, 5.41) is 0.803. The molecular formula is C20H19N3OS. The molecule has 0 bridgehead atoms. The molecule has 1 atom stereocenters. The molecule has 0 aliphatic carbocycles. The lowest BCUT2D eigenvalue weighted by Crippen LogP contribution is -2.30. The van der Waals surface area contributed by atoms with Gasteiger partial charge in [-0.1, -0.05) is 36.4 Å². The van der Waals surface area contributed by atoms with Crippen molar-refractivity contribution in [3.05, 3.63) is 70.9 Å². The molecule has 2 aromatic heterocycles. The molecule has 0 radical (unpaired) electrons. The van der Waals surface area contributed by atoms with Crippen molar-refractivity contribution >= 4 is 17.2 Å². The molecule has 1 aromatic carbocycles. The Balaban J connectivity index is 1.64. The van der Waals surface area contributed by atoms with Gasteiger partial charge in [0.2, 0.25) is 0 Å². The first-order valence-electron chi connectivity index (χ1n) is 8.49. The SMILES string of the molecule is Cc1nc(-c2ccccn2)sc1C(=O)N1CCCC1c1ccccc1. The summed E-state index contributed by atoms with van der Waals surface area (Å²) in [4.78, 5) is 24.8. The van der Waals surface area contributed by atoms with Crippen molar-refractivity contribution in [1.29, 1.82) is 0 Å². The van der Waals surface area contributed by atoms with Crippen LogP contribution in [0.5, 0.6) is 0 Å². The van der Waals surface area contributed by atoms with Crippen LogP contribution in [-0.4, -0.2) is 27.3 Å². The van der Waals surface area contributed by atoms with Crippen LogP contribution in [0.1, 0.15) is 39.8 Å². The number of carbonyl (C=O) groups excluding carboxylic acids is 1. The predicted molar refractivity (Wildman–Crippen MR) is 99.5 cm³/mol. The number of carbonyl (C=O) groups is 1. The van der Waals surface area contributed by atoms with E-state index in [-0.39, 0.29) is 11.9 Å². The van der Waals surface area contributed by atoms with E-state index in [0.29, 0.717) is 0 Å². The van der Waals surface area contributed by atoms with E-state index in [0.717, 1.165) is 40.7 Å². The number of rotatable bonds is 3. The van der Waals surface area contributed by atoms with E-state index >= 15 is 0 Å². The first-order chi connectivity index (χ1) is 12.2. The molecule has 0 spiro atoms. The summed E-state index contributed by atoms with van der Waals surface area (Å²) in [6.45, 7) is 2.71. The maximum Gasteiger partial charge on any atom is 0.266 e. The van der Waals surface area contributed by atoms with Crippen LogP contribution in [0.15, 0.2) is 54.7 Å². The third-order valence-corrected chi connectivity index (χ3v) is 5.74. The lowest BCUT2D eigenvalue weighted by molar-refractivity contribution is 0.0739. The van der Waals surface area contributed by atoms with Crippen LogP contribution < -0.4 is 0 Å². The zero-order valence-corrected chi connectivity index (χ0v) is 14.9. The molecule has 1 aliphatic heterocycles. The molecular weight excluding hydrogens is 330 g/mol. The number of hydrogen-bond acceptors (Lipinski definition) is 4. The van der Waals surface area contributed by atoms with Crippen LogP contribution in [0.2, 0.25) is 0 Å². The van der Waals surface area contributed by atoms with Crippen LogP contribution in [0.25, 0.3) is 10.7 Å². The third-order valence-electron chi connectivity index (χ3n) is 4.57. The highest BCUT2D eigenvalue weighted by atomic mass is 32.1. The molecule has 1 fully saturated rings. The van der Waals surface area contributed by atoms with Crippen molar-refractivity contribution in [2.75, 3.05) is 6.54 Å². The van der Waals surface area contributed by atoms with Crippen LogP contribution in [0.3, 0.4) is 0 Å². The van der Waals surface area contributed by atoms with Crippen LogP contribution in [0.4, 0.5) is 0 Å². The fourth-order valence-corrected chi connectivity index (χ4v) is 4.35. The average molecular weight is 349 g/mol. The highest BCUT2D eigenvalue weighted by Crippen LogP contribution is 2.35. The fourth-order valence-electron chi connectivity index (χ4n) is 3.36. The van der Waals surface area contributed by atoms with Crippen molar-refractivity contribution in [3.8, 4) is 10.7 Å². The van der Waals surface area contributed by atoms with E-state index in [1.54, 1.807) is 6.20 Å². The molecule has 0 N–H and O–H groups in total. The fraction of sp³-hybridized carbons (Fsp3) is 0.250. The Morgan fingerprint density at radius 3 is 2.72 bits per heavy atom. The van der Waals surface area contributed by atoms with Gasteiger partial charge in [-0.15, -0.1) is 11.3 Å². The molecule has 1 aliphatic rings. The van der Waals surface area contributed by atoms with E-state index in [9.17, 15) is 4.79 Å². The number of amides is 1. The van der Waals surface area contributed by atoms with E-state index < -0.39 is 0 Å². The monoisotopic (exact) mass is 349 g/mol. The molecule has 1 amide bonds. The summed E-state index contributed by atoms with van der Waals surface area (Å²) < 4.78 is 0. The summed E-state index contributed by atoms with van der Waals surface area (Å²) in [6, 6.07) is 16.2. The maximum atomic E-state index is 13.2. The van der Waals surface area contributed by atoms with Crippen LogP contribution >= 0.6 is 11.3 Å². The van der Waals surface area contributed by atoms with Crippen molar-refractivity contribution in [3.63, 3.8) is 0 Å². The summed E-state index contributed by atoms with van der Waals surface area (Å²) in [6.07, 6.45) is 3.80. The molecule has 4 rings (SSSR count). The van der Waals surface area contributed by atoms with Gasteiger partial charge in [-0.3, -0.25) is 9.78 Å². The Bertz CT molecular complexity index is 876. The second-order valence-corrected chi connectivity index (χ2v) is 7.21. The van der Waals surface area contributed by atoms with Gasteiger partial charge in [0.25, 0.3) is 5.91 Å². The zero-order valence-electron chi connectivity index (χ0n) is 14.1. The average Bonchev–Trinajstić information content (AvgIpc) is 3.30. The largest absolute Gasteiger partial charge is 0.331 e. The van der Waals surface area contributed by atoms with Gasteiger partial charge in [0.05, 0.1) is 17.4 Å². The molecule has 3 aromatic rings. The Morgan fingerprint density at radius 2 is 1.96 bits per heavy atom. The van der Waals surface area contributed by atoms with Gasteiger partial charge < -0.3 is 4.90 Å². The molecule has 3 heterocycles. The standard InChI is InChI=1S/C20H19N3OS/c1-14-18(25-19(22-14)16-10-5-6-12-21-16)20(24)23-13-7-11-17(23)15-8-3-2-4-9-15/h2-6,8-10,12,17H,7,11,13H2,1H3. The number of pyridine rings is 1. The Morgan fingerprint density at radius 1 is 1.16 bits per heavy atom. The van der Waals surface area contributed by atoms with Crippen LogP contribution in [-0.2, 0) is 0 Å². The smallest absolute Gasteiger partial charge is 0.266 e. The number of aryl methyl sites for hydroxylation is 1. The van der Waals surface area contributed by atoms with Crippen LogP contribution in [0, 0.1) is 6.92 Å². The van der Waals surface area contributed by atoms with Crippen molar-refractivity contribution < 1.29 is 4.79 Å². The lowest BCUT2D eigenvalue weighted by Gasteiger charge is -2.24. The third kappa shape index (κ3) is 3.07. The summed E-state index contributed by atoms with van der Waals surface area (Å²) in [5.74, 6) is 0.0866. The number of hydrogen-bond donors (Lipinski definition) is 0. The molecule has 126 valence electrons. The van der Waals surface area contributed by atoms with Crippen molar-refractivity contribution in [2.24, 2.45) is 0 Å². The Hall–Kier alpha value is -2.53. The number of likely N-dealkylation sites (tertiary alicyclic amines) is 1. The van der Waals surface area contributed by atoms with Gasteiger partial charge in [0.1, 0.15) is 9.88 Å². The quantitative estimate of drug-likeness (QED) is 0.700. The van der Waals surface area contributed by atoms with Crippen molar-refractivity contribution in [2.45, 2.75) is 25.8 Å². The predicted octanol–water partition coefficient (Wildman–Crippen LogP) is 4.49. The lowest BCUT2D eigenvalue weighted by atomic mass is 10.0. The van der Waals surface area contributed by atoms with E-state index in [4.69, 9.17) is 0 Å². The molecule has 1 saturated heterocycles. The molecule has 25 heavy (non-hydrogen) atoms. The zero-order chi connectivity index (χ0) is 17.2. The van der Waals surface area contributed by atoms with Gasteiger partial charge in [0.15, 0.2) is 0 Å². The Labute approximate surface area is 151 Å². The summed E-state index contributed by atoms with van der Waals surface area (Å²) in [7, 11) is 0. The van der Waals surface area contributed by atoms with E-state index in [2.05, 4.69) is 22.1 Å². The minimum Gasteiger partial charge on any atom is -0.331 e. The van der Waals surface area contributed by atoms with Gasteiger partial charge in [-0.05, 0) is 37.5 Å². The number of thiazole rings is 1. The molecule has 0 saturated carbocycles.